The number of aryl methyl sites for hydroxylation is 1. The Labute approximate surface area is 171 Å². The summed E-state index contributed by atoms with van der Waals surface area (Å²) < 4.78 is 41.4. The molecule has 160 valence electrons. The van der Waals surface area contributed by atoms with E-state index in [0.29, 0.717) is 16.8 Å². The van der Waals surface area contributed by atoms with Crippen LogP contribution in [-0.4, -0.2) is 57.9 Å². The zero-order valence-corrected chi connectivity index (χ0v) is 16.7. The first kappa shape index (κ1) is 21.7. The van der Waals surface area contributed by atoms with Crippen LogP contribution in [0.5, 0.6) is 0 Å². The van der Waals surface area contributed by atoms with Crippen molar-refractivity contribution in [2.75, 3.05) is 20.3 Å². The van der Waals surface area contributed by atoms with Crippen molar-refractivity contribution in [3.63, 3.8) is 0 Å². The van der Waals surface area contributed by atoms with Crippen LogP contribution in [0.15, 0.2) is 29.6 Å². The molecule has 0 bridgehead atoms. The molecule has 1 N–H and O–H groups in total. The van der Waals surface area contributed by atoms with Crippen molar-refractivity contribution in [1.29, 1.82) is 0 Å². The minimum Gasteiger partial charge on any atom is -0.399 e. The number of rotatable bonds is 4. The van der Waals surface area contributed by atoms with Crippen LogP contribution < -0.4 is 0 Å². The third kappa shape index (κ3) is 4.13. The molecule has 1 aromatic carbocycles. The highest BCUT2D eigenvalue weighted by atomic mass is 19.4. The summed E-state index contributed by atoms with van der Waals surface area (Å²) in [5.74, 6) is -1.40. The number of amides is 1. The molecule has 30 heavy (non-hydrogen) atoms. The molecular weight excluding hydrogens is 401 g/mol. The van der Waals surface area contributed by atoms with E-state index in [4.69, 9.17) is 4.84 Å². The summed E-state index contributed by atoms with van der Waals surface area (Å²) in [6.45, 7) is 3.16. The molecule has 2 aromatic rings. The van der Waals surface area contributed by atoms with Gasteiger partial charge in [-0.3, -0.25) is 4.79 Å². The summed E-state index contributed by atoms with van der Waals surface area (Å²) in [4.78, 5) is 26.3. The predicted molar refractivity (Wildman–Crippen MR) is 103 cm³/mol. The molecule has 0 radical (unpaired) electrons. The highest BCUT2D eigenvalue weighted by Gasteiger charge is 2.39. The van der Waals surface area contributed by atoms with E-state index in [1.165, 1.54) is 12.0 Å². The molecule has 0 aliphatic carbocycles. The monoisotopic (exact) mass is 422 g/mol. The second kappa shape index (κ2) is 8.39. The lowest BCUT2D eigenvalue weighted by atomic mass is 9.97. The van der Waals surface area contributed by atoms with Crippen molar-refractivity contribution in [2.24, 2.45) is 5.16 Å². The molecule has 0 spiro atoms. The minimum atomic E-state index is -4.78. The Morgan fingerprint density at radius 1 is 1.33 bits per heavy atom. The number of hydrogen-bond acceptors (Lipinski definition) is 6. The van der Waals surface area contributed by atoms with Gasteiger partial charge in [-0.25, -0.2) is 9.97 Å². The second-order valence-corrected chi connectivity index (χ2v) is 7.01. The van der Waals surface area contributed by atoms with Gasteiger partial charge in [0, 0.05) is 18.2 Å². The first-order chi connectivity index (χ1) is 14.2. The van der Waals surface area contributed by atoms with Gasteiger partial charge in [-0.05, 0) is 30.5 Å². The Morgan fingerprint density at radius 2 is 2.07 bits per heavy atom. The number of nitrogens with zero attached hydrogens (tertiary/aromatic N) is 4. The van der Waals surface area contributed by atoms with Gasteiger partial charge in [0.15, 0.2) is 5.69 Å². The Bertz CT molecular complexity index is 992. The van der Waals surface area contributed by atoms with E-state index in [2.05, 4.69) is 15.1 Å². The standard InChI is InChI=1S/C20H21F3N4O3/c1-11-5-4-6-15(12(11)2)16-8-24-18(25-17(16)20(21,22)23)19(29)27-9-13(26-30-3)7-14(27)10-28/h4-6,8,14,28H,7,9-10H2,1-3H3/b26-13-. The molecular formula is C20H21F3N4O3. The third-order valence-corrected chi connectivity index (χ3v) is 5.10. The van der Waals surface area contributed by atoms with Crippen molar-refractivity contribution in [2.45, 2.75) is 32.5 Å². The first-order valence-corrected chi connectivity index (χ1v) is 9.19. The number of halogens is 3. The number of hydrogen-bond donors (Lipinski definition) is 1. The SMILES string of the molecule is CO/N=C1/CC(CO)N(C(=O)c2ncc(-c3cccc(C)c3C)c(C(F)(F)F)n2)C1. The van der Waals surface area contributed by atoms with Crippen LogP contribution >= 0.6 is 0 Å². The zero-order chi connectivity index (χ0) is 22.1. The highest BCUT2D eigenvalue weighted by Crippen LogP contribution is 2.37. The lowest BCUT2D eigenvalue weighted by Gasteiger charge is -2.22. The molecule has 1 aliphatic rings. The lowest BCUT2D eigenvalue weighted by molar-refractivity contribution is -0.140. The van der Waals surface area contributed by atoms with Crippen LogP contribution in [0.1, 0.15) is 33.9 Å². The highest BCUT2D eigenvalue weighted by molar-refractivity contribution is 5.98. The number of carbonyl (C=O) groups is 1. The van der Waals surface area contributed by atoms with E-state index >= 15 is 0 Å². The molecule has 2 heterocycles. The largest absolute Gasteiger partial charge is 0.434 e. The first-order valence-electron chi connectivity index (χ1n) is 9.19. The fraction of sp³-hybridized carbons (Fsp3) is 0.400. The van der Waals surface area contributed by atoms with Crippen molar-refractivity contribution in [1.82, 2.24) is 14.9 Å². The van der Waals surface area contributed by atoms with E-state index in [9.17, 15) is 23.1 Å². The average molecular weight is 422 g/mol. The minimum absolute atomic E-state index is 0.0152. The molecule has 7 nitrogen and oxygen atoms in total. The quantitative estimate of drug-likeness (QED) is 0.766. The van der Waals surface area contributed by atoms with E-state index < -0.39 is 29.6 Å². The number of likely N-dealkylation sites (tertiary alicyclic amines) is 1. The molecule has 1 aromatic heterocycles. The molecule has 1 aliphatic heterocycles. The smallest absolute Gasteiger partial charge is 0.399 e. The van der Waals surface area contributed by atoms with Gasteiger partial charge in [-0.2, -0.15) is 13.2 Å². The zero-order valence-electron chi connectivity index (χ0n) is 16.7. The van der Waals surface area contributed by atoms with Gasteiger partial charge in [0.2, 0.25) is 5.82 Å². The molecule has 1 atom stereocenters. The van der Waals surface area contributed by atoms with Crippen LogP contribution in [-0.2, 0) is 11.0 Å². The van der Waals surface area contributed by atoms with Crippen LogP contribution in [0.4, 0.5) is 13.2 Å². The van der Waals surface area contributed by atoms with E-state index in [-0.39, 0.29) is 25.1 Å². The Balaban J connectivity index is 2.05. The molecule has 0 saturated carbocycles. The number of aliphatic hydroxyl groups excluding tert-OH is 1. The van der Waals surface area contributed by atoms with Gasteiger partial charge >= 0.3 is 6.18 Å². The van der Waals surface area contributed by atoms with Gasteiger partial charge in [-0.15, -0.1) is 0 Å². The number of carbonyl (C=O) groups excluding carboxylic acids is 1. The fourth-order valence-corrected chi connectivity index (χ4v) is 3.44. The van der Waals surface area contributed by atoms with Crippen LogP contribution in [0.2, 0.25) is 0 Å². The number of aromatic nitrogens is 2. The fourth-order valence-electron chi connectivity index (χ4n) is 3.44. The van der Waals surface area contributed by atoms with Crippen molar-refractivity contribution in [3.05, 3.63) is 47.0 Å². The van der Waals surface area contributed by atoms with Gasteiger partial charge in [0.1, 0.15) is 7.11 Å². The van der Waals surface area contributed by atoms with Crippen LogP contribution in [0.3, 0.4) is 0 Å². The summed E-state index contributed by atoms with van der Waals surface area (Å²) in [5, 5.41) is 13.3. The van der Waals surface area contributed by atoms with Crippen molar-refractivity contribution >= 4 is 11.6 Å². The molecule has 1 unspecified atom stereocenters. The maximum Gasteiger partial charge on any atom is 0.434 e. The number of aliphatic hydroxyl groups is 1. The topological polar surface area (TPSA) is 87.9 Å². The van der Waals surface area contributed by atoms with E-state index in [1.54, 1.807) is 32.0 Å². The molecule has 3 rings (SSSR count). The van der Waals surface area contributed by atoms with Gasteiger partial charge in [0.25, 0.3) is 5.91 Å². The lowest BCUT2D eigenvalue weighted by Crippen LogP contribution is -2.39. The summed E-state index contributed by atoms with van der Waals surface area (Å²) >= 11 is 0. The van der Waals surface area contributed by atoms with E-state index in [0.717, 1.165) is 11.8 Å². The summed E-state index contributed by atoms with van der Waals surface area (Å²) in [6, 6.07) is 4.38. The van der Waals surface area contributed by atoms with Crippen molar-refractivity contribution in [3.8, 4) is 11.1 Å². The van der Waals surface area contributed by atoms with Gasteiger partial charge in [-0.1, -0.05) is 23.4 Å². The Kier molecular flexibility index (Phi) is 6.06. The maximum atomic E-state index is 13.8. The van der Waals surface area contributed by atoms with Crippen LogP contribution in [0, 0.1) is 13.8 Å². The molecule has 1 amide bonds. The normalized spacial score (nSPS) is 18.2. The van der Waals surface area contributed by atoms with Crippen molar-refractivity contribution < 1.29 is 27.9 Å². The Hall–Kier alpha value is -3.01. The summed E-state index contributed by atoms with van der Waals surface area (Å²) in [6.07, 6.45) is -3.50. The summed E-state index contributed by atoms with van der Waals surface area (Å²) in [5.41, 5.74) is 0.972. The Morgan fingerprint density at radius 3 is 2.70 bits per heavy atom. The predicted octanol–water partition coefficient (Wildman–Crippen LogP) is 2.99. The van der Waals surface area contributed by atoms with E-state index in [1.807, 2.05) is 0 Å². The molecule has 10 heteroatoms. The average Bonchev–Trinajstić information content (AvgIpc) is 3.12. The van der Waals surface area contributed by atoms with Gasteiger partial charge in [0.05, 0.1) is 24.9 Å². The molecule has 1 saturated heterocycles. The molecule has 1 fully saturated rings. The third-order valence-electron chi connectivity index (χ3n) is 5.10. The number of oxime groups is 1. The van der Waals surface area contributed by atoms with Crippen LogP contribution in [0.25, 0.3) is 11.1 Å². The summed E-state index contributed by atoms with van der Waals surface area (Å²) in [7, 11) is 1.34. The van der Waals surface area contributed by atoms with Gasteiger partial charge < -0.3 is 14.8 Å². The number of benzene rings is 1. The number of alkyl halides is 3. The second-order valence-electron chi connectivity index (χ2n) is 7.01. The maximum absolute atomic E-state index is 13.8.